The second kappa shape index (κ2) is 5.57. The van der Waals surface area contributed by atoms with Gasteiger partial charge in [-0.15, -0.1) is 0 Å². The van der Waals surface area contributed by atoms with Gasteiger partial charge in [0, 0.05) is 27.1 Å². The van der Waals surface area contributed by atoms with E-state index in [9.17, 15) is 9.59 Å². The lowest BCUT2D eigenvalue weighted by Crippen LogP contribution is -2.17. The molecule has 0 saturated heterocycles. The zero-order chi connectivity index (χ0) is 17.7. The molecule has 2 aromatic carbocycles. The van der Waals surface area contributed by atoms with E-state index in [0.29, 0.717) is 38.2 Å². The van der Waals surface area contributed by atoms with Crippen LogP contribution in [0, 0.1) is 0 Å². The lowest BCUT2D eigenvalue weighted by molar-refractivity contribution is 0.0528. The highest BCUT2D eigenvalue weighted by Crippen LogP contribution is 2.43. The number of carbonyl (C=O) groups excluding carboxylic acids is 2. The Labute approximate surface area is 148 Å². The number of nitrogens with zero attached hydrogens (tertiary/aromatic N) is 1. The summed E-state index contributed by atoms with van der Waals surface area (Å²) in [5.41, 5.74) is 8.85. The number of esters is 1. The predicted molar refractivity (Wildman–Crippen MR) is 96.0 cm³/mol. The SMILES string of the molecule is CCOC(=O)c1c(N)nc2cc(Cl)cc3c2c1-c1ccccc1C3=O. The van der Waals surface area contributed by atoms with Gasteiger partial charge < -0.3 is 10.5 Å². The van der Waals surface area contributed by atoms with E-state index in [-0.39, 0.29) is 23.8 Å². The summed E-state index contributed by atoms with van der Waals surface area (Å²) in [6.07, 6.45) is 0. The molecule has 1 aliphatic carbocycles. The van der Waals surface area contributed by atoms with E-state index in [1.807, 2.05) is 6.07 Å². The maximum Gasteiger partial charge on any atom is 0.342 e. The Hall–Kier alpha value is -2.92. The number of benzene rings is 2. The van der Waals surface area contributed by atoms with Crippen LogP contribution in [0.1, 0.15) is 33.2 Å². The number of hydrogen-bond acceptors (Lipinski definition) is 5. The van der Waals surface area contributed by atoms with Crippen LogP contribution in [0.5, 0.6) is 0 Å². The summed E-state index contributed by atoms with van der Waals surface area (Å²) in [4.78, 5) is 29.7. The van der Waals surface area contributed by atoms with Crippen molar-refractivity contribution in [2.75, 3.05) is 12.3 Å². The fourth-order valence-electron chi connectivity index (χ4n) is 3.28. The molecule has 1 aromatic heterocycles. The van der Waals surface area contributed by atoms with Crippen LogP contribution in [0.3, 0.4) is 0 Å². The first-order valence-corrected chi connectivity index (χ1v) is 8.14. The molecule has 124 valence electrons. The van der Waals surface area contributed by atoms with E-state index in [4.69, 9.17) is 22.1 Å². The van der Waals surface area contributed by atoms with Crippen LogP contribution < -0.4 is 5.73 Å². The summed E-state index contributed by atoms with van der Waals surface area (Å²) in [7, 11) is 0. The molecule has 0 spiro atoms. The molecule has 0 bridgehead atoms. The minimum atomic E-state index is -0.561. The van der Waals surface area contributed by atoms with Crippen LogP contribution in [0.15, 0.2) is 36.4 Å². The molecule has 0 amide bonds. The maximum atomic E-state index is 12.9. The topological polar surface area (TPSA) is 82.3 Å². The molecule has 0 aliphatic heterocycles. The normalized spacial score (nSPS) is 12.2. The van der Waals surface area contributed by atoms with Crippen molar-refractivity contribution < 1.29 is 14.3 Å². The summed E-state index contributed by atoms with van der Waals surface area (Å²) >= 11 is 6.15. The third-order valence-corrected chi connectivity index (χ3v) is 4.46. The zero-order valence-electron chi connectivity index (χ0n) is 13.3. The fraction of sp³-hybridized carbons (Fsp3) is 0.105. The number of aromatic nitrogens is 1. The zero-order valence-corrected chi connectivity index (χ0v) is 14.1. The van der Waals surface area contributed by atoms with Gasteiger partial charge in [0.25, 0.3) is 0 Å². The Balaban J connectivity index is 2.22. The molecule has 1 heterocycles. The summed E-state index contributed by atoms with van der Waals surface area (Å²) < 4.78 is 5.16. The van der Waals surface area contributed by atoms with Crippen molar-refractivity contribution in [3.8, 4) is 11.1 Å². The number of nitrogen functional groups attached to an aromatic ring is 1. The average Bonchev–Trinajstić information content (AvgIpc) is 2.58. The number of halogens is 1. The summed E-state index contributed by atoms with van der Waals surface area (Å²) in [6.45, 7) is 1.93. The largest absolute Gasteiger partial charge is 0.462 e. The number of carbonyl (C=O) groups is 2. The quantitative estimate of drug-likeness (QED) is 0.554. The average molecular weight is 353 g/mol. The standard InChI is InChI=1S/C19H13ClN2O3/c1-2-25-19(24)16-15-10-5-3-4-6-11(10)17(23)12-7-9(20)8-13(14(12)15)22-18(16)21/h3-8H,2H2,1H3,(H2,21,22). The van der Waals surface area contributed by atoms with Crippen LogP contribution in [0.25, 0.3) is 22.0 Å². The van der Waals surface area contributed by atoms with E-state index < -0.39 is 5.97 Å². The number of fused-ring (bicyclic) bond motifs is 2. The van der Waals surface area contributed by atoms with Crippen LogP contribution >= 0.6 is 11.6 Å². The van der Waals surface area contributed by atoms with Gasteiger partial charge in [0.15, 0.2) is 5.78 Å². The van der Waals surface area contributed by atoms with E-state index in [0.717, 1.165) is 0 Å². The lowest BCUT2D eigenvalue weighted by Gasteiger charge is -2.22. The Bertz CT molecular complexity index is 1080. The Kier molecular flexibility index (Phi) is 3.47. The molecule has 4 rings (SSSR count). The molecule has 25 heavy (non-hydrogen) atoms. The van der Waals surface area contributed by atoms with Crippen molar-refractivity contribution in [2.24, 2.45) is 0 Å². The molecule has 0 saturated carbocycles. The summed E-state index contributed by atoms with van der Waals surface area (Å²) in [5, 5.41) is 0.960. The molecule has 0 atom stereocenters. The number of pyridine rings is 1. The molecule has 0 radical (unpaired) electrons. The molecule has 1 aliphatic rings. The van der Waals surface area contributed by atoms with Crippen LogP contribution in [-0.2, 0) is 4.74 Å². The smallest absolute Gasteiger partial charge is 0.342 e. The van der Waals surface area contributed by atoms with E-state index in [1.165, 1.54) is 0 Å². The van der Waals surface area contributed by atoms with E-state index in [2.05, 4.69) is 4.98 Å². The van der Waals surface area contributed by atoms with Gasteiger partial charge in [-0.25, -0.2) is 9.78 Å². The monoisotopic (exact) mass is 352 g/mol. The van der Waals surface area contributed by atoms with Gasteiger partial charge >= 0.3 is 5.97 Å². The molecular weight excluding hydrogens is 340 g/mol. The maximum absolute atomic E-state index is 12.9. The fourth-order valence-corrected chi connectivity index (χ4v) is 3.50. The summed E-state index contributed by atoms with van der Waals surface area (Å²) in [5.74, 6) is -0.662. The first-order chi connectivity index (χ1) is 12.0. The van der Waals surface area contributed by atoms with Gasteiger partial charge in [-0.1, -0.05) is 35.9 Å². The first-order valence-electron chi connectivity index (χ1n) is 7.77. The Morgan fingerprint density at radius 1 is 1.20 bits per heavy atom. The van der Waals surface area contributed by atoms with Crippen LogP contribution in [0.4, 0.5) is 5.82 Å². The second-order valence-electron chi connectivity index (χ2n) is 5.69. The highest BCUT2D eigenvalue weighted by atomic mass is 35.5. The van der Waals surface area contributed by atoms with E-state index in [1.54, 1.807) is 37.3 Å². The van der Waals surface area contributed by atoms with Gasteiger partial charge in [-0.2, -0.15) is 0 Å². The minimum absolute atomic E-state index is 0.0540. The van der Waals surface area contributed by atoms with Crippen molar-refractivity contribution in [2.45, 2.75) is 6.92 Å². The molecule has 6 heteroatoms. The molecule has 0 fully saturated rings. The second-order valence-corrected chi connectivity index (χ2v) is 6.13. The first kappa shape index (κ1) is 15.6. The van der Waals surface area contributed by atoms with Crippen molar-refractivity contribution >= 4 is 40.1 Å². The summed E-state index contributed by atoms with van der Waals surface area (Å²) in [6, 6.07) is 10.3. The number of nitrogens with two attached hydrogens (primary N) is 1. The van der Waals surface area contributed by atoms with Gasteiger partial charge in [-0.05, 0) is 24.6 Å². The third kappa shape index (κ3) is 2.20. The number of rotatable bonds is 2. The van der Waals surface area contributed by atoms with Crippen LogP contribution in [0.2, 0.25) is 5.02 Å². The van der Waals surface area contributed by atoms with Gasteiger partial charge in [0.1, 0.15) is 11.4 Å². The third-order valence-electron chi connectivity index (χ3n) is 4.24. The van der Waals surface area contributed by atoms with Crippen molar-refractivity contribution in [1.29, 1.82) is 0 Å². The molecule has 3 aromatic rings. The number of hydrogen-bond donors (Lipinski definition) is 1. The van der Waals surface area contributed by atoms with Crippen molar-refractivity contribution in [3.05, 3.63) is 58.1 Å². The van der Waals surface area contributed by atoms with Gasteiger partial charge in [-0.3, -0.25) is 4.79 Å². The van der Waals surface area contributed by atoms with E-state index >= 15 is 0 Å². The lowest BCUT2D eigenvalue weighted by atomic mass is 9.82. The number of anilines is 1. The Morgan fingerprint density at radius 3 is 2.64 bits per heavy atom. The molecule has 5 nitrogen and oxygen atoms in total. The van der Waals surface area contributed by atoms with Gasteiger partial charge in [0.05, 0.1) is 12.1 Å². The van der Waals surface area contributed by atoms with Crippen molar-refractivity contribution in [3.63, 3.8) is 0 Å². The van der Waals surface area contributed by atoms with Crippen LogP contribution in [-0.4, -0.2) is 23.3 Å². The predicted octanol–water partition coefficient (Wildman–Crippen LogP) is 3.86. The molecule has 2 N–H and O–H groups in total. The Morgan fingerprint density at radius 2 is 1.92 bits per heavy atom. The van der Waals surface area contributed by atoms with Gasteiger partial charge in [0.2, 0.25) is 0 Å². The molecule has 0 unspecified atom stereocenters. The molecular formula is C19H13ClN2O3. The van der Waals surface area contributed by atoms with Crippen molar-refractivity contribution in [1.82, 2.24) is 4.98 Å². The highest BCUT2D eigenvalue weighted by Gasteiger charge is 2.31. The number of ketones is 1. The minimum Gasteiger partial charge on any atom is -0.462 e. The number of ether oxygens (including phenoxy) is 1. The highest BCUT2D eigenvalue weighted by molar-refractivity contribution is 6.34.